The molecule has 0 aromatic heterocycles. The van der Waals surface area contributed by atoms with Crippen LogP contribution >= 0.6 is 24.0 Å². The fraction of sp³-hybridized carbons (Fsp3) is 0. The number of hydrogen-bond donors (Lipinski definition) is 0. The maximum atomic E-state index is 3.26. The van der Waals surface area contributed by atoms with Crippen molar-refractivity contribution < 1.29 is 21.9 Å². The molecule has 0 rings (SSSR count). The van der Waals surface area contributed by atoms with Crippen molar-refractivity contribution in [3.05, 3.63) is 0 Å². The quantitative estimate of drug-likeness (QED) is 0.388. The molecule has 0 bridgehead atoms. The van der Waals surface area contributed by atoms with Crippen LogP contribution in [-0.4, -0.2) is 41.3 Å². The second-order valence-corrected chi connectivity index (χ2v) is 16.9. The van der Waals surface area contributed by atoms with E-state index < -0.39 is 0 Å². The van der Waals surface area contributed by atoms with Gasteiger partial charge in [0.05, 0.1) is 0 Å². The SMILES string of the molecule is O.O.O.O.[Br][Pb][Br]. The van der Waals surface area contributed by atoms with E-state index >= 15 is 0 Å². The van der Waals surface area contributed by atoms with E-state index in [2.05, 4.69) is 24.0 Å². The van der Waals surface area contributed by atoms with Gasteiger partial charge in [0, 0.05) is 0 Å². The zero-order valence-electron chi connectivity index (χ0n) is 3.26. The molecule has 4 nitrogen and oxygen atoms in total. The summed E-state index contributed by atoms with van der Waals surface area (Å²) in [5.41, 5.74) is 0. The van der Waals surface area contributed by atoms with Crippen LogP contribution in [0, 0.1) is 0 Å². The summed E-state index contributed by atoms with van der Waals surface area (Å²) < 4.78 is 0. The summed E-state index contributed by atoms with van der Waals surface area (Å²) in [6.07, 6.45) is 0. The van der Waals surface area contributed by atoms with Gasteiger partial charge < -0.3 is 21.9 Å². The molecule has 0 atom stereocenters. The molecule has 8 N–H and O–H groups in total. The van der Waals surface area contributed by atoms with Gasteiger partial charge in [-0.25, -0.2) is 0 Å². The predicted octanol–water partition coefficient (Wildman–Crippen LogP) is -1.99. The standard InChI is InChI=1S/2BrH.4H2O.Pb/h2*1H;4*1H2;/q;;;;;;+2/p-2. The van der Waals surface area contributed by atoms with Gasteiger partial charge in [-0.3, -0.25) is 0 Å². The Morgan fingerprint density at radius 3 is 0.714 bits per heavy atom. The van der Waals surface area contributed by atoms with Crippen LogP contribution in [0.2, 0.25) is 0 Å². The predicted molar refractivity (Wildman–Crippen MR) is 38.1 cm³/mol. The molecule has 7 heteroatoms. The topological polar surface area (TPSA) is 126 Å². The van der Waals surface area contributed by atoms with Gasteiger partial charge in [-0.2, -0.15) is 0 Å². The molecule has 0 aliphatic rings. The Kier molecular flexibility index (Phi) is 253. The zero-order chi connectivity index (χ0) is 2.71. The Labute approximate surface area is 64.7 Å². The second-order valence-electron chi connectivity index (χ2n) is 0.0714. The van der Waals surface area contributed by atoms with E-state index in [4.69, 9.17) is 0 Å². The van der Waals surface area contributed by atoms with E-state index in [9.17, 15) is 0 Å². The molecule has 0 unspecified atom stereocenters. The Bertz CT molecular complexity index is 9.65. The van der Waals surface area contributed by atoms with E-state index in [0.29, 0.717) is 0 Å². The first-order valence-electron chi connectivity index (χ1n) is 0.378. The van der Waals surface area contributed by atoms with E-state index in [-0.39, 0.29) is 41.3 Å². The van der Waals surface area contributed by atoms with Crippen LogP contribution in [-0.2, 0) is 0 Å². The maximum absolute atomic E-state index is 3.26. The van der Waals surface area contributed by atoms with Gasteiger partial charge in [-0.15, -0.1) is 0 Å². The number of halogens is 2. The van der Waals surface area contributed by atoms with Crippen molar-refractivity contribution in [2.45, 2.75) is 0 Å². The summed E-state index contributed by atoms with van der Waals surface area (Å²) in [6.45, 7) is 0. The van der Waals surface area contributed by atoms with Crippen molar-refractivity contribution in [2.24, 2.45) is 0 Å². The van der Waals surface area contributed by atoms with Gasteiger partial charge in [-0.1, -0.05) is 0 Å². The van der Waals surface area contributed by atoms with Crippen molar-refractivity contribution >= 4 is 43.4 Å². The summed E-state index contributed by atoms with van der Waals surface area (Å²) >= 11 is 6.22. The molecule has 7 heavy (non-hydrogen) atoms. The van der Waals surface area contributed by atoms with E-state index in [1.165, 1.54) is 0 Å². The molecule has 0 fully saturated rings. The van der Waals surface area contributed by atoms with Crippen molar-refractivity contribution in [3.8, 4) is 0 Å². The van der Waals surface area contributed by atoms with E-state index in [1.54, 1.807) is 0 Å². The van der Waals surface area contributed by atoms with E-state index in [0.717, 1.165) is 0 Å². The van der Waals surface area contributed by atoms with Crippen LogP contribution in [0.1, 0.15) is 0 Å². The Morgan fingerprint density at radius 2 is 0.714 bits per heavy atom. The molecule has 0 saturated heterocycles. The minimum atomic E-state index is -0.292. The molecule has 0 amide bonds. The molecule has 0 aromatic rings. The van der Waals surface area contributed by atoms with Crippen LogP contribution in [0.5, 0.6) is 0 Å². The van der Waals surface area contributed by atoms with Gasteiger partial charge in [-0.05, 0) is 0 Å². The van der Waals surface area contributed by atoms with Gasteiger partial charge >= 0.3 is 43.4 Å². The van der Waals surface area contributed by atoms with Crippen LogP contribution < -0.4 is 0 Å². The second kappa shape index (κ2) is 47.1. The third kappa shape index (κ3) is 85.3. The molecular formula is H8Br2O4Pb. The minimum absolute atomic E-state index is 0. The molecule has 0 heterocycles. The summed E-state index contributed by atoms with van der Waals surface area (Å²) in [5, 5.41) is 0. The Balaban J connectivity index is -0.00000000333. The normalized spacial score (nSPS) is 2.57. The van der Waals surface area contributed by atoms with Gasteiger partial charge in [0.25, 0.3) is 0 Å². The first-order valence-corrected chi connectivity index (χ1v) is 17.2. The van der Waals surface area contributed by atoms with Crippen LogP contribution in [0.15, 0.2) is 0 Å². The van der Waals surface area contributed by atoms with Crippen LogP contribution in [0.3, 0.4) is 0 Å². The summed E-state index contributed by atoms with van der Waals surface area (Å²) in [5.74, 6) is 0. The monoisotopic (exact) mass is 438 g/mol. The summed E-state index contributed by atoms with van der Waals surface area (Å²) in [4.78, 5) is 0. The summed E-state index contributed by atoms with van der Waals surface area (Å²) in [7, 11) is 0. The average Bonchev–Trinajstić information content (AvgIpc) is 0.918. The molecule has 0 aliphatic carbocycles. The number of rotatable bonds is 0. The first kappa shape index (κ1) is 37.5. The molecule has 2 radical (unpaired) electrons. The fourth-order valence-electron chi connectivity index (χ4n) is 0. The zero-order valence-corrected chi connectivity index (χ0v) is 10.3. The van der Waals surface area contributed by atoms with Gasteiger partial charge in [0.1, 0.15) is 0 Å². The van der Waals surface area contributed by atoms with Crippen molar-refractivity contribution in [3.63, 3.8) is 0 Å². The van der Waals surface area contributed by atoms with Gasteiger partial charge in [0.15, 0.2) is 0 Å². The molecule has 0 spiro atoms. The fourth-order valence-corrected chi connectivity index (χ4v) is 0. The molecule has 0 saturated carbocycles. The Hall–Kier alpha value is 1.72. The van der Waals surface area contributed by atoms with Crippen molar-refractivity contribution in [1.29, 1.82) is 0 Å². The van der Waals surface area contributed by atoms with E-state index in [1.807, 2.05) is 0 Å². The molecule has 0 aromatic carbocycles. The Morgan fingerprint density at radius 1 is 0.714 bits per heavy atom. The average molecular weight is 439 g/mol. The third-order valence-electron chi connectivity index (χ3n) is 0. The third-order valence-corrected chi connectivity index (χ3v) is 0. The number of hydrogen-bond acceptors (Lipinski definition) is 0. The van der Waals surface area contributed by atoms with Crippen molar-refractivity contribution in [2.75, 3.05) is 0 Å². The van der Waals surface area contributed by atoms with Crippen LogP contribution in [0.4, 0.5) is 0 Å². The molecule has 50 valence electrons. The van der Waals surface area contributed by atoms with Crippen molar-refractivity contribution in [1.82, 2.24) is 0 Å². The summed E-state index contributed by atoms with van der Waals surface area (Å²) in [6, 6.07) is 0. The first-order chi connectivity index (χ1) is 1.41. The van der Waals surface area contributed by atoms with Gasteiger partial charge in [0.2, 0.25) is 0 Å². The molecule has 0 aliphatic heterocycles. The molecular weight excluding hydrogens is 431 g/mol. The van der Waals surface area contributed by atoms with Crippen LogP contribution in [0.25, 0.3) is 0 Å².